The van der Waals surface area contributed by atoms with Gasteiger partial charge in [0.1, 0.15) is 21.2 Å². The van der Waals surface area contributed by atoms with Crippen LogP contribution in [0.4, 0.5) is 0 Å². The van der Waals surface area contributed by atoms with Crippen molar-refractivity contribution >= 4 is 19.2 Å². The van der Waals surface area contributed by atoms with Crippen molar-refractivity contribution in [2.75, 3.05) is 6.61 Å². The molecule has 0 bridgehead atoms. The van der Waals surface area contributed by atoms with Crippen molar-refractivity contribution in [2.45, 2.75) is 39.2 Å². The fourth-order valence-corrected chi connectivity index (χ4v) is 5.93. The van der Waals surface area contributed by atoms with Gasteiger partial charge in [0.05, 0.1) is 5.92 Å². The molecule has 24 heavy (non-hydrogen) atoms. The van der Waals surface area contributed by atoms with E-state index in [2.05, 4.69) is 88.2 Å². The first-order valence-electron chi connectivity index (χ1n) is 8.58. The van der Waals surface area contributed by atoms with Crippen molar-refractivity contribution in [3.63, 3.8) is 0 Å². The summed E-state index contributed by atoms with van der Waals surface area (Å²) < 4.78 is 5.84. The standard InChI is InChI=1S/C22H27OSi/c1-6-18(7-2)17-23-19-13-15-21(16-14-19)24(22(3,4)5)20-11-9-8-10-12-20/h1,8-16,18H,7,17H2,2-5H3. The first-order chi connectivity index (χ1) is 11.5. The zero-order valence-corrected chi connectivity index (χ0v) is 16.2. The quantitative estimate of drug-likeness (QED) is 0.569. The van der Waals surface area contributed by atoms with Crippen molar-refractivity contribution in [3.8, 4) is 18.1 Å². The first kappa shape index (κ1) is 18.4. The summed E-state index contributed by atoms with van der Waals surface area (Å²) in [5, 5.41) is 3.10. The predicted molar refractivity (Wildman–Crippen MR) is 106 cm³/mol. The van der Waals surface area contributed by atoms with E-state index in [1.165, 1.54) is 10.4 Å². The van der Waals surface area contributed by atoms with E-state index in [0.29, 0.717) is 6.61 Å². The Bertz CT molecular complexity index is 662. The number of terminal acetylenes is 1. The molecule has 0 saturated carbocycles. The van der Waals surface area contributed by atoms with Crippen LogP contribution in [0.25, 0.3) is 0 Å². The Balaban J connectivity index is 2.19. The highest BCUT2D eigenvalue weighted by Crippen LogP contribution is 2.27. The van der Waals surface area contributed by atoms with Crippen LogP contribution in [-0.2, 0) is 0 Å². The highest BCUT2D eigenvalue weighted by Gasteiger charge is 2.30. The summed E-state index contributed by atoms with van der Waals surface area (Å²) in [7, 11) is -0.860. The van der Waals surface area contributed by atoms with Gasteiger partial charge in [0, 0.05) is 0 Å². The van der Waals surface area contributed by atoms with Gasteiger partial charge in [0.25, 0.3) is 0 Å². The average molecular weight is 336 g/mol. The molecule has 2 aromatic rings. The zero-order chi connectivity index (χ0) is 17.6. The van der Waals surface area contributed by atoms with Crippen LogP contribution in [-0.4, -0.2) is 15.4 Å². The molecule has 0 fully saturated rings. The smallest absolute Gasteiger partial charge is 0.126 e. The molecular weight excluding hydrogens is 308 g/mol. The third-order valence-corrected chi connectivity index (χ3v) is 7.46. The van der Waals surface area contributed by atoms with E-state index in [4.69, 9.17) is 11.2 Å². The zero-order valence-electron chi connectivity index (χ0n) is 15.2. The third kappa shape index (κ3) is 4.76. The Hall–Kier alpha value is -1.98. The molecule has 2 rings (SSSR count). The Morgan fingerprint density at radius 1 is 1.00 bits per heavy atom. The lowest BCUT2D eigenvalue weighted by atomic mass is 10.1. The van der Waals surface area contributed by atoms with Gasteiger partial charge in [-0.25, -0.2) is 0 Å². The lowest BCUT2D eigenvalue weighted by molar-refractivity contribution is 0.277. The summed E-state index contributed by atoms with van der Waals surface area (Å²) in [5.41, 5.74) is 0. The van der Waals surface area contributed by atoms with Crippen LogP contribution in [0.3, 0.4) is 0 Å². The summed E-state index contributed by atoms with van der Waals surface area (Å²) in [6.07, 6.45) is 6.44. The number of benzene rings is 2. The summed E-state index contributed by atoms with van der Waals surface area (Å²) >= 11 is 0. The Morgan fingerprint density at radius 2 is 1.58 bits per heavy atom. The van der Waals surface area contributed by atoms with Gasteiger partial charge in [-0.05, 0) is 23.6 Å². The van der Waals surface area contributed by atoms with Crippen LogP contribution in [0.15, 0.2) is 54.6 Å². The second-order valence-electron chi connectivity index (χ2n) is 7.10. The van der Waals surface area contributed by atoms with Crippen LogP contribution >= 0.6 is 0 Å². The minimum absolute atomic E-state index is 0.184. The first-order valence-corrected chi connectivity index (χ1v) is 10.1. The van der Waals surface area contributed by atoms with Gasteiger partial charge in [-0.1, -0.05) is 86.5 Å². The van der Waals surface area contributed by atoms with Crippen molar-refractivity contribution < 1.29 is 4.74 Å². The van der Waals surface area contributed by atoms with Gasteiger partial charge in [0.2, 0.25) is 0 Å². The predicted octanol–water partition coefficient (Wildman–Crippen LogP) is 4.13. The van der Waals surface area contributed by atoms with Gasteiger partial charge in [-0.15, -0.1) is 6.42 Å². The van der Waals surface area contributed by atoms with Crippen molar-refractivity contribution in [3.05, 3.63) is 54.6 Å². The molecule has 0 heterocycles. The van der Waals surface area contributed by atoms with Gasteiger partial charge in [-0.3, -0.25) is 0 Å². The van der Waals surface area contributed by atoms with E-state index in [-0.39, 0.29) is 11.0 Å². The maximum Gasteiger partial charge on any atom is 0.126 e. The van der Waals surface area contributed by atoms with E-state index in [9.17, 15) is 0 Å². The largest absolute Gasteiger partial charge is 0.492 e. The molecule has 0 aliphatic heterocycles. The number of hydrogen-bond acceptors (Lipinski definition) is 1. The summed E-state index contributed by atoms with van der Waals surface area (Å²) in [6, 6.07) is 19.5. The van der Waals surface area contributed by atoms with E-state index >= 15 is 0 Å². The summed E-state index contributed by atoms with van der Waals surface area (Å²) in [4.78, 5) is 0. The maximum absolute atomic E-state index is 5.84. The SMILES string of the molecule is C#CC(CC)COc1ccc([Si](c2ccccc2)C(C)(C)C)cc1. The Labute approximate surface area is 148 Å². The number of hydrogen-bond donors (Lipinski definition) is 0. The molecular formula is C22H27OSi. The van der Waals surface area contributed by atoms with Crippen molar-refractivity contribution in [1.29, 1.82) is 0 Å². The van der Waals surface area contributed by atoms with Crippen LogP contribution in [0, 0.1) is 18.3 Å². The lowest BCUT2D eigenvalue weighted by Gasteiger charge is -2.29. The molecule has 0 spiro atoms. The molecule has 0 amide bonds. The third-order valence-electron chi connectivity index (χ3n) is 4.14. The monoisotopic (exact) mass is 335 g/mol. The molecule has 1 unspecified atom stereocenters. The highest BCUT2D eigenvalue weighted by molar-refractivity contribution is 6.87. The van der Waals surface area contributed by atoms with Gasteiger partial charge >= 0.3 is 0 Å². The number of ether oxygens (including phenoxy) is 1. The topological polar surface area (TPSA) is 9.23 Å². The second kappa shape index (κ2) is 8.21. The fraction of sp³-hybridized carbons (Fsp3) is 0.364. The fourth-order valence-electron chi connectivity index (χ4n) is 2.84. The summed E-state index contributed by atoms with van der Waals surface area (Å²) in [6.45, 7) is 9.67. The molecule has 0 N–H and O–H groups in total. The summed E-state index contributed by atoms with van der Waals surface area (Å²) in [5.74, 6) is 3.86. The van der Waals surface area contributed by atoms with E-state index < -0.39 is 8.80 Å². The second-order valence-corrected chi connectivity index (χ2v) is 10.5. The van der Waals surface area contributed by atoms with Crippen molar-refractivity contribution in [2.24, 2.45) is 5.92 Å². The van der Waals surface area contributed by atoms with E-state index in [0.717, 1.165) is 12.2 Å². The molecule has 0 aromatic heterocycles. The normalized spacial score (nSPS) is 12.7. The molecule has 1 radical (unpaired) electrons. The van der Waals surface area contributed by atoms with Gasteiger partial charge in [0.15, 0.2) is 0 Å². The van der Waals surface area contributed by atoms with E-state index in [1.54, 1.807) is 0 Å². The van der Waals surface area contributed by atoms with E-state index in [1.807, 2.05) is 0 Å². The van der Waals surface area contributed by atoms with Crippen LogP contribution < -0.4 is 15.1 Å². The van der Waals surface area contributed by atoms with Gasteiger partial charge < -0.3 is 4.74 Å². The molecule has 0 aliphatic rings. The molecule has 125 valence electrons. The highest BCUT2D eigenvalue weighted by atomic mass is 28.3. The van der Waals surface area contributed by atoms with Crippen LogP contribution in [0.1, 0.15) is 34.1 Å². The lowest BCUT2D eigenvalue weighted by Crippen LogP contribution is -2.48. The minimum atomic E-state index is -0.860. The van der Waals surface area contributed by atoms with Crippen molar-refractivity contribution in [1.82, 2.24) is 0 Å². The molecule has 0 saturated heterocycles. The van der Waals surface area contributed by atoms with Gasteiger partial charge in [-0.2, -0.15) is 0 Å². The molecule has 2 heteroatoms. The van der Waals surface area contributed by atoms with Crippen LogP contribution in [0.2, 0.25) is 5.04 Å². The maximum atomic E-state index is 5.84. The molecule has 2 aromatic carbocycles. The Kier molecular flexibility index (Phi) is 6.28. The average Bonchev–Trinajstić information content (AvgIpc) is 2.57. The van der Waals surface area contributed by atoms with Crippen LogP contribution in [0.5, 0.6) is 5.75 Å². The Morgan fingerprint density at radius 3 is 2.08 bits per heavy atom. The minimum Gasteiger partial charge on any atom is -0.492 e. The number of rotatable bonds is 6. The molecule has 1 atom stereocenters. The molecule has 1 nitrogen and oxygen atoms in total. The molecule has 0 aliphatic carbocycles.